The third kappa shape index (κ3) is 3.95. The lowest BCUT2D eigenvalue weighted by Crippen LogP contribution is -2.42. The first-order valence-corrected chi connectivity index (χ1v) is 10.4. The predicted octanol–water partition coefficient (Wildman–Crippen LogP) is 3.97. The van der Waals surface area contributed by atoms with Gasteiger partial charge in [-0.1, -0.05) is 6.42 Å². The lowest BCUT2D eigenvalue weighted by Gasteiger charge is -2.27. The summed E-state index contributed by atoms with van der Waals surface area (Å²) in [5, 5.41) is 11.5. The Morgan fingerprint density at radius 1 is 1.13 bits per heavy atom. The second kappa shape index (κ2) is 9.20. The molecule has 2 aromatic rings. The van der Waals surface area contributed by atoms with Crippen LogP contribution < -0.4 is 11.1 Å². The number of hydrogen-bond acceptors (Lipinski definition) is 4. The Hall–Kier alpha value is -1.70. The molecule has 164 valence electrons. The number of hydrogen-bond donors (Lipinski definition) is 2. The van der Waals surface area contributed by atoms with Gasteiger partial charge in [-0.25, -0.2) is 4.39 Å². The highest BCUT2D eigenvalue weighted by Crippen LogP contribution is 2.48. The summed E-state index contributed by atoms with van der Waals surface area (Å²) in [6.07, 6.45) is 7.40. The molecule has 2 heterocycles. The molecule has 6 nitrogen and oxygen atoms in total. The monoisotopic (exact) mass is 455 g/mol. The van der Waals surface area contributed by atoms with Gasteiger partial charge in [0.25, 0.3) is 0 Å². The summed E-state index contributed by atoms with van der Waals surface area (Å²) < 4.78 is 16.6. The summed E-state index contributed by atoms with van der Waals surface area (Å²) in [7, 11) is 0. The molecule has 0 spiro atoms. The number of aryl methyl sites for hydroxylation is 1. The number of anilines is 1. The van der Waals surface area contributed by atoms with Crippen LogP contribution >= 0.6 is 24.8 Å². The molecule has 1 aromatic heterocycles. The summed E-state index contributed by atoms with van der Waals surface area (Å²) in [5.41, 5.74) is 7.27. The van der Waals surface area contributed by atoms with Gasteiger partial charge in [-0.3, -0.25) is 4.79 Å². The van der Waals surface area contributed by atoms with E-state index in [0.29, 0.717) is 28.9 Å². The first-order valence-electron chi connectivity index (χ1n) is 10.4. The maximum Gasteiger partial charge on any atom is 0.229 e. The molecule has 30 heavy (non-hydrogen) atoms. The van der Waals surface area contributed by atoms with Crippen LogP contribution in [0, 0.1) is 23.6 Å². The number of aromatic nitrogens is 3. The highest BCUT2D eigenvalue weighted by molar-refractivity contribution is 5.94. The van der Waals surface area contributed by atoms with Crippen LogP contribution in [0.15, 0.2) is 18.2 Å². The number of amides is 1. The predicted molar refractivity (Wildman–Crippen MR) is 118 cm³/mol. The van der Waals surface area contributed by atoms with Gasteiger partial charge >= 0.3 is 0 Å². The molecule has 5 rings (SSSR count). The zero-order chi connectivity index (χ0) is 19.3. The van der Waals surface area contributed by atoms with Gasteiger partial charge in [0.15, 0.2) is 5.82 Å². The number of nitrogens with zero attached hydrogens (tertiary/aromatic N) is 3. The number of nitrogens with one attached hydrogen (secondary N) is 1. The normalized spacial score (nSPS) is 26.9. The largest absolute Gasteiger partial charge is 0.327 e. The number of nitrogens with two attached hydrogens (primary N) is 1. The molecule has 0 radical (unpaired) electrons. The minimum atomic E-state index is -0.353. The van der Waals surface area contributed by atoms with Crippen LogP contribution in [-0.2, 0) is 17.8 Å². The Morgan fingerprint density at radius 3 is 2.70 bits per heavy atom. The van der Waals surface area contributed by atoms with E-state index in [-0.39, 0.29) is 48.5 Å². The van der Waals surface area contributed by atoms with E-state index in [1.807, 2.05) is 4.57 Å². The van der Waals surface area contributed by atoms with Crippen LogP contribution in [0.3, 0.4) is 0 Å². The van der Waals surface area contributed by atoms with Crippen LogP contribution in [0.1, 0.15) is 44.3 Å². The lowest BCUT2D eigenvalue weighted by molar-refractivity contribution is -0.121. The number of carbonyl (C=O) groups is 1. The highest BCUT2D eigenvalue weighted by Gasteiger charge is 2.49. The highest BCUT2D eigenvalue weighted by atomic mass is 35.5. The fourth-order valence-electron chi connectivity index (χ4n) is 5.41. The SMILES string of the molecule is Cl.Cl.NC1C2CCC(C2)C1C(=O)Nc1ccc(F)c(-c2nnc3n2CCCCC3)c1. The Kier molecular flexibility index (Phi) is 7.05. The number of benzene rings is 1. The van der Waals surface area contributed by atoms with E-state index in [1.165, 1.54) is 6.07 Å². The van der Waals surface area contributed by atoms with Gasteiger partial charge in [0.1, 0.15) is 11.6 Å². The molecule has 1 aromatic carbocycles. The maximum absolute atomic E-state index is 14.6. The number of fused-ring (bicyclic) bond motifs is 3. The number of rotatable bonds is 3. The van der Waals surface area contributed by atoms with Crippen molar-refractivity contribution in [3.63, 3.8) is 0 Å². The van der Waals surface area contributed by atoms with Crippen LogP contribution in [0.4, 0.5) is 10.1 Å². The topological polar surface area (TPSA) is 85.8 Å². The molecule has 3 N–H and O–H groups in total. The van der Waals surface area contributed by atoms with Gasteiger partial charge in [-0.15, -0.1) is 35.0 Å². The van der Waals surface area contributed by atoms with Crippen molar-refractivity contribution in [1.29, 1.82) is 0 Å². The fraction of sp³-hybridized carbons (Fsp3) is 0.571. The first kappa shape index (κ1) is 23.0. The molecule has 4 unspecified atom stereocenters. The summed E-state index contributed by atoms with van der Waals surface area (Å²) in [6.45, 7) is 0.799. The van der Waals surface area contributed by atoms with Crippen LogP contribution in [-0.4, -0.2) is 26.7 Å². The van der Waals surface area contributed by atoms with Gasteiger partial charge in [-0.05, 0) is 62.1 Å². The van der Waals surface area contributed by atoms with Crippen molar-refractivity contribution in [2.24, 2.45) is 23.5 Å². The van der Waals surface area contributed by atoms with E-state index >= 15 is 0 Å². The molecule has 2 aliphatic carbocycles. The van der Waals surface area contributed by atoms with E-state index in [0.717, 1.165) is 57.3 Å². The van der Waals surface area contributed by atoms with Gasteiger partial charge in [-0.2, -0.15) is 0 Å². The molecule has 9 heteroatoms. The van der Waals surface area contributed by atoms with Crippen LogP contribution in [0.5, 0.6) is 0 Å². The quantitative estimate of drug-likeness (QED) is 0.732. The van der Waals surface area contributed by atoms with E-state index in [1.54, 1.807) is 12.1 Å². The smallest absolute Gasteiger partial charge is 0.229 e. The fourth-order valence-corrected chi connectivity index (χ4v) is 5.41. The second-order valence-corrected chi connectivity index (χ2v) is 8.52. The molecular formula is C21H28Cl2FN5O. The van der Waals surface area contributed by atoms with Crippen LogP contribution in [0.25, 0.3) is 11.4 Å². The standard InChI is InChI=1S/C21H26FN5O.2ClH/c22-16-8-7-14(24-21(28)18-12-5-6-13(10-12)19(18)23)11-15(16)20-26-25-17-4-2-1-3-9-27(17)20;;/h7-8,11-13,18-19H,1-6,9-10,23H2,(H,24,28);2*1H. The zero-order valence-corrected chi connectivity index (χ0v) is 18.4. The summed E-state index contributed by atoms with van der Waals surface area (Å²) in [4.78, 5) is 12.9. The molecule has 0 saturated heterocycles. The molecule has 1 aliphatic heterocycles. The maximum atomic E-state index is 14.6. The average molecular weight is 456 g/mol. The second-order valence-electron chi connectivity index (χ2n) is 8.52. The van der Waals surface area contributed by atoms with Gasteiger partial charge in [0.2, 0.25) is 5.91 Å². The third-order valence-corrected chi connectivity index (χ3v) is 6.87. The Labute approximate surface area is 188 Å². The van der Waals surface area contributed by atoms with Crippen molar-refractivity contribution in [3.05, 3.63) is 29.8 Å². The first-order chi connectivity index (χ1) is 13.6. The average Bonchev–Trinajstić information content (AvgIpc) is 3.34. The molecular weight excluding hydrogens is 428 g/mol. The van der Waals surface area contributed by atoms with E-state index < -0.39 is 0 Å². The summed E-state index contributed by atoms with van der Waals surface area (Å²) >= 11 is 0. The van der Waals surface area contributed by atoms with Crippen LogP contribution in [0.2, 0.25) is 0 Å². The van der Waals surface area contributed by atoms with Crippen molar-refractivity contribution < 1.29 is 9.18 Å². The third-order valence-electron chi connectivity index (χ3n) is 6.87. The molecule has 2 saturated carbocycles. The Morgan fingerprint density at radius 2 is 1.93 bits per heavy atom. The van der Waals surface area contributed by atoms with Crippen molar-refractivity contribution in [2.75, 3.05) is 5.32 Å². The van der Waals surface area contributed by atoms with Gasteiger partial charge in [0, 0.05) is 24.7 Å². The number of halogens is 3. The Balaban J connectivity index is 0.00000128. The summed E-state index contributed by atoms with van der Waals surface area (Å²) in [6, 6.07) is 4.61. The van der Waals surface area contributed by atoms with Crippen molar-refractivity contribution in [3.8, 4) is 11.4 Å². The number of carbonyl (C=O) groups excluding carboxylic acids is 1. The van der Waals surface area contributed by atoms with Crippen molar-refractivity contribution in [2.45, 2.75) is 57.5 Å². The zero-order valence-electron chi connectivity index (χ0n) is 16.7. The molecule has 2 fully saturated rings. The van der Waals surface area contributed by atoms with Gasteiger partial charge in [0.05, 0.1) is 11.5 Å². The molecule has 3 aliphatic rings. The molecule has 2 bridgehead atoms. The van der Waals surface area contributed by atoms with E-state index in [4.69, 9.17) is 5.73 Å². The molecule has 1 amide bonds. The van der Waals surface area contributed by atoms with Crippen molar-refractivity contribution >= 4 is 36.4 Å². The van der Waals surface area contributed by atoms with Gasteiger partial charge < -0.3 is 15.6 Å². The van der Waals surface area contributed by atoms with E-state index in [9.17, 15) is 9.18 Å². The minimum absolute atomic E-state index is 0. The summed E-state index contributed by atoms with van der Waals surface area (Å²) in [5.74, 6) is 1.77. The van der Waals surface area contributed by atoms with E-state index in [2.05, 4.69) is 15.5 Å². The minimum Gasteiger partial charge on any atom is -0.327 e. The Bertz CT molecular complexity index is 919. The van der Waals surface area contributed by atoms with Crippen molar-refractivity contribution in [1.82, 2.24) is 14.8 Å². The lowest BCUT2D eigenvalue weighted by atomic mass is 9.84. The molecule has 4 atom stereocenters.